The van der Waals surface area contributed by atoms with Crippen molar-refractivity contribution in [3.8, 4) is 11.5 Å². The minimum absolute atomic E-state index is 0.0849. The normalized spacial score (nSPS) is 16.8. The number of hydrogen-bond acceptors (Lipinski definition) is 5. The van der Waals surface area contributed by atoms with Crippen molar-refractivity contribution >= 4 is 29.1 Å². The van der Waals surface area contributed by atoms with Crippen LogP contribution in [0.3, 0.4) is 0 Å². The molecule has 0 saturated heterocycles. The van der Waals surface area contributed by atoms with E-state index in [4.69, 9.17) is 9.47 Å². The first kappa shape index (κ1) is 15.2. The standard InChI is InChI=1S/C16H19NO4S/c1-10(18)12-6-14-15(21-9-20-14)7-13(12)17-16(19)8-22-11-4-2-3-5-11/h6-7,11H,2-5,8-9H2,1H3,(H,17,19). The molecule has 5 nitrogen and oxygen atoms in total. The lowest BCUT2D eigenvalue weighted by Crippen LogP contribution is -2.17. The summed E-state index contributed by atoms with van der Waals surface area (Å²) >= 11 is 1.70. The maximum atomic E-state index is 12.1. The van der Waals surface area contributed by atoms with Crippen LogP contribution in [0.2, 0.25) is 0 Å². The van der Waals surface area contributed by atoms with Crippen LogP contribution in [-0.4, -0.2) is 29.5 Å². The van der Waals surface area contributed by atoms with Gasteiger partial charge in [-0.25, -0.2) is 0 Å². The summed E-state index contributed by atoms with van der Waals surface area (Å²) in [5.74, 6) is 1.32. The lowest BCUT2D eigenvalue weighted by Gasteiger charge is -2.12. The van der Waals surface area contributed by atoms with Gasteiger partial charge in [-0.2, -0.15) is 0 Å². The van der Waals surface area contributed by atoms with Crippen LogP contribution in [0, 0.1) is 0 Å². The smallest absolute Gasteiger partial charge is 0.234 e. The lowest BCUT2D eigenvalue weighted by molar-refractivity contribution is -0.113. The van der Waals surface area contributed by atoms with Crippen LogP contribution < -0.4 is 14.8 Å². The van der Waals surface area contributed by atoms with Gasteiger partial charge in [-0.15, -0.1) is 11.8 Å². The fourth-order valence-corrected chi connectivity index (χ4v) is 3.90. The number of hydrogen-bond donors (Lipinski definition) is 1. The Morgan fingerprint density at radius 2 is 1.91 bits per heavy atom. The first-order chi connectivity index (χ1) is 10.6. The summed E-state index contributed by atoms with van der Waals surface area (Å²) < 4.78 is 10.6. The first-order valence-electron chi connectivity index (χ1n) is 7.49. The monoisotopic (exact) mass is 321 g/mol. The molecule has 1 aliphatic carbocycles. The number of nitrogens with one attached hydrogen (secondary N) is 1. The highest BCUT2D eigenvalue weighted by Crippen LogP contribution is 2.37. The van der Waals surface area contributed by atoms with E-state index in [1.54, 1.807) is 23.9 Å². The summed E-state index contributed by atoms with van der Waals surface area (Å²) in [5, 5.41) is 3.42. The van der Waals surface area contributed by atoms with Gasteiger partial charge >= 0.3 is 0 Å². The Morgan fingerprint density at radius 3 is 2.59 bits per heavy atom. The van der Waals surface area contributed by atoms with E-state index in [-0.39, 0.29) is 18.5 Å². The number of rotatable bonds is 5. The van der Waals surface area contributed by atoms with E-state index in [0.717, 1.165) is 0 Å². The van der Waals surface area contributed by atoms with Gasteiger partial charge in [-0.1, -0.05) is 12.8 Å². The second-order valence-corrected chi connectivity index (χ2v) is 6.86. The third-order valence-electron chi connectivity index (χ3n) is 3.92. The van der Waals surface area contributed by atoms with Crippen molar-refractivity contribution in [3.63, 3.8) is 0 Å². The minimum atomic E-state index is -0.114. The highest BCUT2D eigenvalue weighted by molar-refractivity contribution is 8.00. The number of anilines is 1. The quantitative estimate of drug-likeness (QED) is 0.844. The van der Waals surface area contributed by atoms with Gasteiger partial charge in [0.15, 0.2) is 17.3 Å². The number of amides is 1. The zero-order valence-corrected chi connectivity index (χ0v) is 13.3. The van der Waals surface area contributed by atoms with Crippen molar-refractivity contribution in [3.05, 3.63) is 17.7 Å². The molecular weight excluding hydrogens is 302 g/mol. The van der Waals surface area contributed by atoms with Crippen molar-refractivity contribution in [2.45, 2.75) is 37.9 Å². The highest BCUT2D eigenvalue weighted by atomic mass is 32.2. The Hall–Kier alpha value is -1.69. The van der Waals surface area contributed by atoms with Crippen molar-refractivity contribution in [1.82, 2.24) is 0 Å². The lowest BCUT2D eigenvalue weighted by atomic mass is 10.1. The van der Waals surface area contributed by atoms with Crippen LogP contribution in [0.1, 0.15) is 43.0 Å². The van der Waals surface area contributed by atoms with E-state index in [9.17, 15) is 9.59 Å². The van der Waals surface area contributed by atoms with Crippen LogP contribution in [0.5, 0.6) is 11.5 Å². The van der Waals surface area contributed by atoms with Crippen molar-refractivity contribution in [2.75, 3.05) is 17.9 Å². The molecule has 1 N–H and O–H groups in total. The molecule has 118 valence electrons. The molecule has 1 aliphatic heterocycles. The molecule has 0 bridgehead atoms. The Bertz CT molecular complexity index is 596. The maximum Gasteiger partial charge on any atom is 0.234 e. The van der Waals surface area contributed by atoms with Gasteiger partial charge in [-0.3, -0.25) is 9.59 Å². The molecule has 0 atom stereocenters. The molecule has 1 aromatic carbocycles. The van der Waals surface area contributed by atoms with Gasteiger partial charge in [-0.05, 0) is 25.8 Å². The largest absolute Gasteiger partial charge is 0.454 e. The number of carbonyl (C=O) groups is 2. The number of carbonyl (C=O) groups excluding carboxylic acids is 2. The van der Waals surface area contributed by atoms with Crippen molar-refractivity contribution < 1.29 is 19.1 Å². The minimum Gasteiger partial charge on any atom is -0.454 e. The van der Waals surface area contributed by atoms with Gasteiger partial charge in [0.25, 0.3) is 0 Å². The van der Waals surface area contributed by atoms with Crippen LogP contribution in [0.25, 0.3) is 0 Å². The summed E-state index contributed by atoms with van der Waals surface area (Å²) in [5.41, 5.74) is 0.942. The number of ketones is 1. The van der Waals surface area contributed by atoms with Crippen LogP contribution in [-0.2, 0) is 4.79 Å². The van der Waals surface area contributed by atoms with E-state index >= 15 is 0 Å². The van der Waals surface area contributed by atoms with E-state index in [1.807, 2.05) is 0 Å². The molecule has 1 amide bonds. The van der Waals surface area contributed by atoms with E-state index in [0.29, 0.717) is 33.8 Å². The maximum absolute atomic E-state index is 12.1. The third kappa shape index (κ3) is 3.38. The second kappa shape index (κ2) is 6.60. The summed E-state index contributed by atoms with van der Waals surface area (Å²) in [6.07, 6.45) is 4.91. The van der Waals surface area contributed by atoms with E-state index in [2.05, 4.69) is 5.32 Å². The third-order valence-corrected chi connectivity index (χ3v) is 5.29. The van der Waals surface area contributed by atoms with Gasteiger partial charge in [0, 0.05) is 16.9 Å². The number of ether oxygens (including phenoxy) is 2. The van der Waals surface area contributed by atoms with Gasteiger partial charge in [0.1, 0.15) is 0 Å². The predicted molar refractivity (Wildman–Crippen MR) is 85.9 cm³/mol. The van der Waals surface area contributed by atoms with Gasteiger partial charge < -0.3 is 14.8 Å². The molecule has 22 heavy (non-hydrogen) atoms. The number of benzene rings is 1. The second-order valence-electron chi connectivity index (χ2n) is 5.57. The fraction of sp³-hybridized carbons (Fsp3) is 0.500. The predicted octanol–water partition coefficient (Wildman–Crippen LogP) is 3.23. The fourth-order valence-electron chi connectivity index (χ4n) is 2.77. The van der Waals surface area contributed by atoms with Crippen molar-refractivity contribution in [1.29, 1.82) is 0 Å². The summed E-state index contributed by atoms with van der Waals surface area (Å²) in [7, 11) is 0. The topological polar surface area (TPSA) is 64.6 Å². The zero-order chi connectivity index (χ0) is 15.5. The molecule has 0 spiro atoms. The Labute approximate surface area is 133 Å². The van der Waals surface area contributed by atoms with Crippen LogP contribution >= 0.6 is 11.8 Å². The number of fused-ring (bicyclic) bond motifs is 1. The van der Waals surface area contributed by atoms with E-state index < -0.39 is 0 Å². The molecule has 1 heterocycles. The summed E-state index contributed by atoms with van der Waals surface area (Å²) in [4.78, 5) is 23.9. The van der Waals surface area contributed by atoms with Crippen LogP contribution in [0.15, 0.2) is 12.1 Å². The molecule has 0 unspecified atom stereocenters. The summed E-state index contributed by atoms with van der Waals surface area (Å²) in [6, 6.07) is 3.29. The molecule has 2 aliphatic rings. The molecule has 0 radical (unpaired) electrons. The molecular formula is C16H19NO4S. The molecule has 6 heteroatoms. The van der Waals surface area contributed by atoms with Gasteiger partial charge in [0.05, 0.1) is 11.4 Å². The Kier molecular flexibility index (Phi) is 4.57. The molecule has 0 aromatic heterocycles. The Balaban J connectivity index is 1.68. The molecule has 1 aromatic rings. The number of Topliss-reactive ketones (excluding diaryl/α,β-unsaturated/α-hetero) is 1. The summed E-state index contributed by atoms with van der Waals surface area (Å²) in [6.45, 7) is 1.61. The first-order valence-corrected chi connectivity index (χ1v) is 8.54. The molecule has 1 fully saturated rings. The van der Waals surface area contributed by atoms with Crippen molar-refractivity contribution in [2.24, 2.45) is 0 Å². The SMILES string of the molecule is CC(=O)c1cc2c(cc1NC(=O)CSC1CCCC1)OCO2. The number of thioether (sulfide) groups is 1. The van der Waals surface area contributed by atoms with Gasteiger partial charge in [0.2, 0.25) is 12.7 Å². The average molecular weight is 321 g/mol. The zero-order valence-electron chi connectivity index (χ0n) is 12.5. The average Bonchev–Trinajstić information content (AvgIpc) is 3.15. The Morgan fingerprint density at radius 1 is 1.23 bits per heavy atom. The molecule has 1 saturated carbocycles. The van der Waals surface area contributed by atoms with Crippen LogP contribution in [0.4, 0.5) is 5.69 Å². The molecule has 3 rings (SSSR count). The van der Waals surface area contributed by atoms with E-state index in [1.165, 1.54) is 32.6 Å². The highest BCUT2D eigenvalue weighted by Gasteiger charge is 2.21.